The maximum absolute atomic E-state index is 11.6. The number of amides is 1. The molecule has 19 heavy (non-hydrogen) atoms. The van der Waals surface area contributed by atoms with Crippen molar-refractivity contribution in [1.82, 2.24) is 4.90 Å². The van der Waals surface area contributed by atoms with Gasteiger partial charge in [0.25, 0.3) is 0 Å². The fraction of sp³-hybridized carbons (Fsp3) is 0.875. The first-order chi connectivity index (χ1) is 9.27. The predicted octanol–water partition coefficient (Wildman–Crippen LogP) is 4.02. The van der Waals surface area contributed by atoms with Gasteiger partial charge in [-0.05, 0) is 18.8 Å². The van der Waals surface area contributed by atoms with Crippen molar-refractivity contribution >= 4 is 12.2 Å². The van der Waals surface area contributed by atoms with Crippen molar-refractivity contribution in [3.05, 3.63) is 0 Å². The number of hydrogen-bond donors (Lipinski definition) is 0. The van der Waals surface area contributed by atoms with Gasteiger partial charge in [-0.2, -0.15) is 0 Å². The largest absolute Gasteiger partial charge is 0.301 e. The molecular weight excluding hydrogens is 236 g/mol. The van der Waals surface area contributed by atoms with Crippen LogP contribution in [0.25, 0.3) is 0 Å². The van der Waals surface area contributed by atoms with Crippen LogP contribution in [0, 0.1) is 5.92 Å². The molecule has 110 valence electrons. The number of carbonyl (C=O) groups excluding carboxylic acids is 1. The van der Waals surface area contributed by atoms with Crippen LogP contribution in [0.15, 0.2) is 4.99 Å². The van der Waals surface area contributed by atoms with Gasteiger partial charge in [0.2, 0.25) is 5.91 Å². The smallest absolute Gasteiger partial charge is 0.249 e. The third-order valence-electron chi connectivity index (χ3n) is 3.89. The van der Waals surface area contributed by atoms with E-state index in [2.05, 4.69) is 18.8 Å². The summed E-state index contributed by atoms with van der Waals surface area (Å²) in [7, 11) is 0. The molecule has 0 saturated heterocycles. The Morgan fingerprint density at radius 3 is 2.47 bits per heavy atom. The van der Waals surface area contributed by atoms with Crippen LogP contribution in [0.5, 0.6) is 0 Å². The van der Waals surface area contributed by atoms with Crippen molar-refractivity contribution < 1.29 is 4.79 Å². The van der Waals surface area contributed by atoms with E-state index >= 15 is 0 Å². The van der Waals surface area contributed by atoms with Gasteiger partial charge in [-0.3, -0.25) is 9.79 Å². The van der Waals surface area contributed by atoms with Crippen LogP contribution in [0.2, 0.25) is 0 Å². The number of aliphatic imine (C=N–C) groups is 1. The third kappa shape index (κ3) is 6.74. The summed E-state index contributed by atoms with van der Waals surface area (Å²) in [5.41, 5.74) is 0. The molecule has 1 atom stereocenters. The number of nitrogens with zero attached hydrogens (tertiary/aromatic N) is 2. The number of rotatable bonds is 11. The first-order valence-corrected chi connectivity index (χ1v) is 8.07. The lowest BCUT2D eigenvalue weighted by Gasteiger charge is -2.21. The molecule has 0 aromatic carbocycles. The summed E-state index contributed by atoms with van der Waals surface area (Å²) in [6.07, 6.45) is 13.5. The topological polar surface area (TPSA) is 32.7 Å². The second-order valence-electron chi connectivity index (χ2n) is 5.71. The van der Waals surface area contributed by atoms with Crippen molar-refractivity contribution in [2.75, 3.05) is 13.1 Å². The molecule has 3 heteroatoms. The molecule has 0 bridgehead atoms. The fourth-order valence-corrected chi connectivity index (χ4v) is 2.75. The molecule has 1 heterocycles. The van der Waals surface area contributed by atoms with E-state index in [4.69, 9.17) is 0 Å². The molecule has 0 saturated carbocycles. The molecule has 0 aliphatic carbocycles. The molecule has 0 radical (unpaired) electrons. The van der Waals surface area contributed by atoms with Gasteiger partial charge < -0.3 is 4.90 Å². The lowest BCUT2D eigenvalue weighted by molar-refractivity contribution is -0.125. The van der Waals surface area contributed by atoms with Gasteiger partial charge in [0, 0.05) is 6.54 Å². The Balaban J connectivity index is 2.17. The Bertz CT molecular complexity index is 276. The van der Waals surface area contributed by atoms with Crippen LogP contribution in [-0.2, 0) is 4.79 Å². The normalized spacial score (nSPS) is 16.3. The molecule has 0 spiro atoms. The second-order valence-corrected chi connectivity index (χ2v) is 5.71. The summed E-state index contributed by atoms with van der Waals surface area (Å²) in [4.78, 5) is 17.4. The van der Waals surface area contributed by atoms with Crippen molar-refractivity contribution in [2.24, 2.45) is 10.9 Å². The third-order valence-corrected chi connectivity index (χ3v) is 3.89. The average molecular weight is 266 g/mol. The van der Waals surface area contributed by atoms with Crippen molar-refractivity contribution in [3.8, 4) is 0 Å². The zero-order valence-electron chi connectivity index (χ0n) is 12.7. The maximum Gasteiger partial charge on any atom is 0.249 e. The molecule has 0 N–H and O–H groups in total. The molecule has 0 aromatic rings. The van der Waals surface area contributed by atoms with Crippen molar-refractivity contribution in [3.63, 3.8) is 0 Å². The Morgan fingerprint density at radius 1 is 1.11 bits per heavy atom. The zero-order chi connectivity index (χ0) is 13.9. The quantitative estimate of drug-likeness (QED) is 0.520. The number of hydrogen-bond acceptors (Lipinski definition) is 2. The van der Waals surface area contributed by atoms with Crippen LogP contribution < -0.4 is 0 Å². The Labute approximate surface area is 118 Å². The van der Waals surface area contributed by atoms with Gasteiger partial charge in [-0.25, -0.2) is 0 Å². The molecule has 1 rings (SSSR count). The summed E-state index contributed by atoms with van der Waals surface area (Å²) in [5.74, 6) is 0.828. The molecular formula is C16H30N2O. The molecule has 0 aromatic heterocycles. The monoisotopic (exact) mass is 266 g/mol. The minimum absolute atomic E-state index is 0.170. The van der Waals surface area contributed by atoms with Crippen molar-refractivity contribution in [1.29, 1.82) is 0 Å². The summed E-state index contributed by atoms with van der Waals surface area (Å²) >= 11 is 0. The Morgan fingerprint density at radius 2 is 1.84 bits per heavy atom. The molecule has 1 aliphatic rings. The Kier molecular flexibility index (Phi) is 8.52. The highest BCUT2D eigenvalue weighted by Crippen LogP contribution is 2.18. The van der Waals surface area contributed by atoms with Crippen LogP contribution in [0.4, 0.5) is 0 Å². The highest BCUT2D eigenvalue weighted by molar-refractivity contribution is 5.93. The van der Waals surface area contributed by atoms with Gasteiger partial charge in [0.1, 0.15) is 6.54 Å². The molecule has 1 aliphatic heterocycles. The minimum Gasteiger partial charge on any atom is -0.301 e. The SMILES string of the molecule is CCCCCCCCC(CCC)CN1C=NCC1=O. The van der Waals surface area contributed by atoms with Gasteiger partial charge >= 0.3 is 0 Å². The second kappa shape index (κ2) is 9.99. The van der Waals surface area contributed by atoms with Crippen LogP contribution >= 0.6 is 0 Å². The van der Waals surface area contributed by atoms with E-state index < -0.39 is 0 Å². The number of unbranched alkanes of at least 4 members (excludes halogenated alkanes) is 5. The first kappa shape index (κ1) is 16.2. The fourth-order valence-electron chi connectivity index (χ4n) is 2.75. The van der Waals surface area contributed by atoms with E-state index in [-0.39, 0.29) is 5.91 Å². The maximum atomic E-state index is 11.6. The zero-order valence-corrected chi connectivity index (χ0v) is 12.7. The highest BCUT2D eigenvalue weighted by atomic mass is 16.2. The van der Waals surface area contributed by atoms with E-state index in [0.29, 0.717) is 12.5 Å². The minimum atomic E-state index is 0.170. The van der Waals surface area contributed by atoms with E-state index in [1.807, 2.05) is 4.90 Å². The standard InChI is InChI=1S/C16H30N2O/c1-3-5-6-7-8-9-11-15(10-4-2)13-18-14-17-12-16(18)19/h14-15H,3-13H2,1-2H3. The van der Waals surface area contributed by atoms with E-state index in [1.165, 1.54) is 57.8 Å². The molecule has 1 amide bonds. The summed E-state index contributed by atoms with van der Waals surface area (Å²) in [5, 5.41) is 0. The first-order valence-electron chi connectivity index (χ1n) is 8.07. The number of carbonyl (C=O) groups is 1. The van der Waals surface area contributed by atoms with Crippen LogP contribution in [0.1, 0.15) is 71.6 Å². The van der Waals surface area contributed by atoms with Crippen LogP contribution in [0.3, 0.4) is 0 Å². The van der Waals surface area contributed by atoms with E-state index in [9.17, 15) is 4.79 Å². The van der Waals surface area contributed by atoms with Gasteiger partial charge in [-0.1, -0.05) is 58.8 Å². The van der Waals surface area contributed by atoms with Gasteiger partial charge in [0.05, 0.1) is 6.34 Å². The summed E-state index contributed by atoms with van der Waals surface area (Å²) in [6, 6.07) is 0. The van der Waals surface area contributed by atoms with Crippen molar-refractivity contribution in [2.45, 2.75) is 71.6 Å². The van der Waals surface area contributed by atoms with Crippen LogP contribution in [-0.4, -0.2) is 30.2 Å². The van der Waals surface area contributed by atoms with Gasteiger partial charge in [-0.15, -0.1) is 0 Å². The Hall–Kier alpha value is -0.860. The lowest BCUT2D eigenvalue weighted by Crippen LogP contribution is -2.31. The van der Waals surface area contributed by atoms with Gasteiger partial charge in [0.15, 0.2) is 0 Å². The highest BCUT2D eigenvalue weighted by Gasteiger charge is 2.19. The molecule has 1 unspecified atom stereocenters. The average Bonchev–Trinajstić information content (AvgIpc) is 2.79. The molecule has 3 nitrogen and oxygen atoms in total. The van der Waals surface area contributed by atoms with E-state index in [0.717, 1.165) is 6.54 Å². The summed E-state index contributed by atoms with van der Waals surface area (Å²) < 4.78 is 0. The lowest BCUT2D eigenvalue weighted by atomic mass is 9.95. The predicted molar refractivity (Wildman–Crippen MR) is 81.5 cm³/mol. The molecule has 0 fully saturated rings. The summed E-state index contributed by atoms with van der Waals surface area (Å²) in [6.45, 7) is 5.72. The van der Waals surface area contributed by atoms with E-state index in [1.54, 1.807) is 6.34 Å².